The zero-order valence-electron chi connectivity index (χ0n) is 8.62. The first-order valence-corrected chi connectivity index (χ1v) is 6.93. The fourth-order valence-electron chi connectivity index (χ4n) is 1.37. The number of halogens is 3. The number of hydrogen-bond donors (Lipinski definition) is 0. The van der Waals surface area contributed by atoms with Gasteiger partial charge in [0.05, 0.1) is 0 Å². The van der Waals surface area contributed by atoms with Crippen LogP contribution in [0.3, 0.4) is 0 Å². The average molecular weight is 424 g/mol. The van der Waals surface area contributed by atoms with Crippen LogP contribution in [0.1, 0.15) is 16.1 Å². The summed E-state index contributed by atoms with van der Waals surface area (Å²) in [6.07, 6.45) is 0. The van der Waals surface area contributed by atoms with E-state index in [0.29, 0.717) is 15.9 Å². The molecule has 2 aromatic rings. The first-order valence-electron chi connectivity index (χ1n) is 4.55. The van der Waals surface area contributed by atoms with Gasteiger partial charge < -0.3 is 0 Å². The lowest BCUT2D eigenvalue weighted by molar-refractivity contribution is 0.102. The van der Waals surface area contributed by atoms with Crippen LogP contribution in [0.4, 0.5) is 0 Å². The fourth-order valence-corrected chi connectivity index (χ4v) is 3.11. The number of rotatable bonds is 2. The maximum Gasteiger partial charge on any atom is 0.215 e. The Morgan fingerprint density at radius 1 is 1.29 bits per heavy atom. The maximum atomic E-state index is 12.3. The predicted molar refractivity (Wildman–Crippen MR) is 74.0 cm³/mol. The van der Waals surface area contributed by atoms with E-state index in [-0.39, 0.29) is 5.78 Å². The van der Waals surface area contributed by atoms with Gasteiger partial charge in [0.15, 0.2) is 4.60 Å². The molecular weight excluding hydrogens is 418 g/mol. The summed E-state index contributed by atoms with van der Waals surface area (Å²) in [4.78, 5) is 12.3. The summed E-state index contributed by atoms with van der Waals surface area (Å²) in [5, 5.41) is 7.58. The van der Waals surface area contributed by atoms with Gasteiger partial charge in [-0.2, -0.15) is 0 Å². The van der Waals surface area contributed by atoms with Crippen molar-refractivity contribution in [3.8, 4) is 0 Å². The molecule has 0 spiro atoms. The van der Waals surface area contributed by atoms with E-state index in [9.17, 15) is 4.79 Å². The molecule has 0 fully saturated rings. The van der Waals surface area contributed by atoms with Gasteiger partial charge in [-0.15, -0.1) is 5.10 Å². The molecule has 0 N–H and O–H groups in total. The van der Waals surface area contributed by atoms with Crippen molar-refractivity contribution >= 4 is 53.6 Å². The molecule has 7 heteroatoms. The Morgan fingerprint density at radius 3 is 2.53 bits per heavy atom. The molecule has 17 heavy (non-hydrogen) atoms. The largest absolute Gasteiger partial charge is 0.287 e. The standard InChI is InChI=1S/C10H6Br3N3O/c1-16-8(10(13)14-15-16)9(17)6-3-2-5(11)4-7(6)12/h2-4H,1H3. The van der Waals surface area contributed by atoms with Gasteiger partial charge >= 0.3 is 0 Å². The van der Waals surface area contributed by atoms with Crippen LogP contribution >= 0.6 is 47.8 Å². The van der Waals surface area contributed by atoms with Crippen molar-refractivity contribution in [1.82, 2.24) is 15.0 Å². The molecule has 1 heterocycles. The van der Waals surface area contributed by atoms with Crippen molar-refractivity contribution in [3.05, 3.63) is 43.0 Å². The number of hydrogen-bond acceptors (Lipinski definition) is 3. The summed E-state index contributed by atoms with van der Waals surface area (Å²) in [6.45, 7) is 0. The van der Waals surface area contributed by atoms with Crippen LogP contribution < -0.4 is 0 Å². The van der Waals surface area contributed by atoms with Crippen LogP contribution in [0.15, 0.2) is 31.7 Å². The van der Waals surface area contributed by atoms with Gasteiger partial charge in [0, 0.05) is 21.6 Å². The number of aryl methyl sites for hydroxylation is 1. The second-order valence-corrected chi connectivity index (χ2v) is 5.83. The first-order chi connectivity index (χ1) is 8.00. The molecule has 1 aromatic heterocycles. The minimum atomic E-state index is -0.135. The lowest BCUT2D eigenvalue weighted by Crippen LogP contribution is -2.09. The molecule has 0 aliphatic heterocycles. The summed E-state index contributed by atoms with van der Waals surface area (Å²) >= 11 is 9.92. The molecular formula is C10H6Br3N3O. The van der Waals surface area contributed by atoms with Crippen molar-refractivity contribution in [2.24, 2.45) is 7.05 Å². The SMILES string of the molecule is Cn1nnc(Br)c1C(=O)c1ccc(Br)cc1Br. The van der Waals surface area contributed by atoms with Crippen LogP contribution in [0, 0.1) is 0 Å². The summed E-state index contributed by atoms with van der Waals surface area (Å²) in [5.74, 6) is -0.135. The quantitative estimate of drug-likeness (QED) is 0.696. The highest BCUT2D eigenvalue weighted by atomic mass is 79.9. The van der Waals surface area contributed by atoms with Crippen LogP contribution in [-0.2, 0) is 7.05 Å². The molecule has 0 aliphatic rings. The van der Waals surface area contributed by atoms with Gasteiger partial charge in [0.2, 0.25) is 5.78 Å². The molecule has 0 bridgehead atoms. The second kappa shape index (κ2) is 4.99. The molecule has 0 atom stereocenters. The summed E-state index contributed by atoms with van der Waals surface area (Å²) in [6, 6.07) is 5.39. The first kappa shape index (κ1) is 12.9. The summed E-state index contributed by atoms with van der Waals surface area (Å²) < 4.78 is 3.52. The lowest BCUT2D eigenvalue weighted by atomic mass is 10.1. The Morgan fingerprint density at radius 2 is 2.00 bits per heavy atom. The zero-order chi connectivity index (χ0) is 12.6. The number of ketones is 1. The van der Waals surface area contributed by atoms with Gasteiger partial charge in [0.25, 0.3) is 0 Å². The highest BCUT2D eigenvalue weighted by molar-refractivity contribution is 9.11. The van der Waals surface area contributed by atoms with Gasteiger partial charge in [-0.1, -0.05) is 21.1 Å². The third kappa shape index (κ3) is 2.51. The minimum absolute atomic E-state index is 0.135. The third-order valence-corrected chi connectivity index (χ3v) is 3.86. The highest BCUT2D eigenvalue weighted by Crippen LogP contribution is 2.25. The van der Waals surface area contributed by atoms with Gasteiger partial charge in [-0.25, -0.2) is 4.68 Å². The fraction of sp³-hybridized carbons (Fsp3) is 0.100. The van der Waals surface area contributed by atoms with Crippen molar-refractivity contribution < 1.29 is 4.79 Å². The average Bonchev–Trinajstić information content (AvgIpc) is 2.58. The van der Waals surface area contributed by atoms with E-state index in [2.05, 4.69) is 58.1 Å². The zero-order valence-corrected chi connectivity index (χ0v) is 13.4. The lowest BCUT2D eigenvalue weighted by Gasteiger charge is -2.04. The summed E-state index contributed by atoms with van der Waals surface area (Å²) in [5.41, 5.74) is 0.993. The topological polar surface area (TPSA) is 47.8 Å². The van der Waals surface area contributed by atoms with E-state index in [1.54, 1.807) is 13.1 Å². The summed E-state index contributed by atoms with van der Waals surface area (Å²) in [7, 11) is 1.68. The van der Waals surface area contributed by atoms with E-state index in [1.165, 1.54) is 4.68 Å². The van der Waals surface area contributed by atoms with Gasteiger partial charge in [0.1, 0.15) is 5.69 Å². The van der Waals surface area contributed by atoms with E-state index in [0.717, 1.165) is 8.95 Å². The Kier molecular flexibility index (Phi) is 3.79. The van der Waals surface area contributed by atoms with E-state index < -0.39 is 0 Å². The van der Waals surface area contributed by atoms with Crippen LogP contribution in [-0.4, -0.2) is 20.8 Å². The molecule has 0 unspecified atom stereocenters. The number of nitrogens with zero attached hydrogens (tertiary/aromatic N) is 3. The monoisotopic (exact) mass is 421 g/mol. The molecule has 2 rings (SSSR count). The minimum Gasteiger partial charge on any atom is -0.287 e. The Labute approximate surface area is 123 Å². The highest BCUT2D eigenvalue weighted by Gasteiger charge is 2.20. The van der Waals surface area contributed by atoms with Crippen molar-refractivity contribution in [2.75, 3.05) is 0 Å². The number of carbonyl (C=O) groups is 1. The third-order valence-electron chi connectivity index (χ3n) is 2.18. The normalized spacial score (nSPS) is 10.6. The molecule has 0 saturated heterocycles. The smallest absolute Gasteiger partial charge is 0.215 e. The Hall–Kier alpha value is -0.530. The molecule has 0 amide bonds. The van der Waals surface area contributed by atoms with Crippen LogP contribution in [0.2, 0.25) is 0 Å². The van der Waals surface area contributed by atoms with Gasteiger partial charge in [-0.3, -0.25) is 4.79 Å². The van der Waals surface area contributed by atoms with E-state index >= 15 is 0 Å². The van der Waals surface area contributed by atoms with E-state index in [4.69, 9.17) is 0 Å². The molecule has 88 valence electrons. The Bertz CT molecular complexity index is 575. The van der Waals surface area contributed by atoms with Crippen molar-refractivity contribution in [2.45, 2.75) is 0 Å². The molecule has 0 saturated carbocycles. The molecule has 1 aromatic carbocycles. The van der Waals surface area contributed by atoms with Crippen molar-refractivity contribution in [3.63, 3.8) is 0 Å². The Balaban J connectivity index is 2.51. The number of aromatic nitrogens is 3. The van der Waals surface area contributed by atoms with Crippen molar-refractivity contribution in [1.29, 1.82) is 0 Å². The number of carbonyl (C=O) groups excluding carboxylic acids is 1. The van der Waals surface area contributed by atoms with Gasteiger partial charge in [-0.05, 0) is 50.1 Å². The van der Waals surface area contributed by atoms with Crippen LogP contribution in [0.5, 0.6) is 0 Å². The van der Waals surface area contributed by atoms with Crippen LogP contribution in [0.25, 0.3) is 0 Å². The second-order valence-electron chi connectivity index (χ2n) is 3.31. The predicted octanol–water partition coefficient (Wildman–Crippen LogP) is 3.33. The van der Waals surface area contributed by atoms with E-state index in [1.807, 2.05) is 12.1 Å². The maximum absolute atomic E-state index is 12.3. The number of benzene rings is 1. The molecule has 0 aliphatic carbocycles. The molecule has 4 nitrogen and oxygen atoms in total. The molecule has 0 radical (unpaired) electrons.